The molecule has 2 aromatic carbocycles. The predicted molar refractivity (Wildman–Crippen MR) is 122 cm³/mol. The van der Waals surface area contributed by atoms with E-state index in [1.165, 1.54) is 4.90 Å². The van der Waals surface area contributed by atoms with E-state index in [9.17, 15) is 4.79 Å². The van der Waals surface area contributed by atoms with Crippen molar-refractivity contribution in [3.8, 4) is 5.75 Å². The van der Waals surface area contributed by atoms with Gasteiger partial charge in [-0.2, -0.15) is 5.10 Å². The number of methoxy groups -OCH3 is 1. The van der Waals surface area contributed by atoms with Crippen LogP contribution in [0, 0.1) is 0 Å². The summed E-state index contributed by atoms with van der Waals surface area (Å²) in [4.78, 5) is 16.8. The highest BCUT2D eigenvalue weighted by molar-refractivity contribution is 7.99. The van der Waals surface area contributed by atoms with Crippen molar-refractivity contribution in [3.63, 3.8) is 0 Å². The Morgan fingerprint density at radius 1 is 1.16 bits per heavy atom. The molecule has 0 saturated carbocycles. The zero-order chi connectivity index (χ0) is 21.2. The quantitative estimate of drug-likeness (QED) is 0.590. The van der Waals surface area contributed by atoms with E-state index in [0.717, 1.165) is 40.8 Å². The van der Waals surface area contributed by atoms with Crippen LogP contribution in [0.15, 0.2) is 81.3 Å². The van der Waals surface area contributed by atoms with E-state index in [4.69, 9.17) is 14.3 Å². The third-order valence-electron chi connectivity index (χ3n) is 5.61. The van der Waals surface area contributed by atoms with Crippen LogP contribution in [0.4, 0.5) is 5.69 Å². The first-order valence-corrected chi connectivity index (χ1v) is 11.3. The Morgan fingerprint density at radius 3 is 2.77 bits per heavy atom. The molecule has 0 spiro atoms. The lowest BCUT2D eigenvalue weighted by Gasteiger charge is -2.31. The smallest absolute Gasteiger partial charge is 0.262 e. The summed E-state index contributed by atoms with van der Waals surface area (Å²) in [6.07, 6.45) is 2.25. The number of para-hydroxylation sites is 1. The van der Waals surface area contributed by atoms with Crippen molar-refractivity contribution >= 4 is 29.1 Å². The SMILES string of the molecule is COc1ccc(C2=NN(C(=O)CN3CCSc4ccccc43)[C@@H](c3ccco3)C2)cc1. The van der Waals surface area contributed by atoms with E-state index in [1.54, 1.807) is 18.4 Å². The fraction of sp³-hybridized carbons (Fsp3) is 0.250. The van der Waals surface area contributed by atoms with Gasteiger partial charge in [0.1, 0.15) is 17.6 Å². The number of nitrogens with zero attached hydrogens (tertiary/aromatic N) is 3. The molecule has 1 atom stereocenters. The second kappa shape index (κ2) is 8.51. The Bertz CT molecular complexity index is 1100. The van der Waals surface area contributed by atoms with Gasteiger partial charge < -0.3 is 14.1 Å². The van der Waals surface area contributed by atoms with Crippen LogP contribution in [0.2, 0.25) is 0 Å². The summed E-state index contributed by atoms with van der Waals surface area (Å²) in [5.74, 6) is 2.47. The second-order valence-corrected chi connectivity index (χ2v) is 8.62. The average Bonchev–Trinajstić information content (AvgIpc) is 3.49. The van der Waals surface area contributed by atoms with Crippen molar-refractivity contribution in [3.05, 3.63) is 78.3 Å². The zero-order valence-corrected chi connectivity index (χ0v) is 18.0. The Labute approximate surface area is 185 Å². The van der Waals surface area contributed by atoms with Crippen molar-refractivity contribution in [1.29, 1.82) is 0 Å². The summed E-state index contributed by atoms with van der Waals surface area (Å²) in [5, 5.41) is 6.34. The summed E-state index contributed by atoms with van der Waals surface area (Å²) in [5.41, 5.74) is 2.96. The maximum atomic E-state index is 13.4. The topological polar surface area (TPSA) is 58.3 Å². The number of ether oxygens (including phenoxy) is 1. The molecule has 0 bridgehead atoms. The summed E-state index contributed by atoms with van der Waals surface area (Å²) < 4.78 is 10.9. The van der Waals surface area contributed by atoms with Crippen LogP contribution in [0.1, 0.15) is 23.8 Å². The highest BCUT2D eigenvalue weighted by atomic mass is 32.2. The average molecular weight is 434 g/mol. The molecule has 0 saturated heterocycles. The first kappa shape index (κ1) is 19.8. The maximum Gasteiger partial charge on any atom is 0.262 e. The van der Waals surface area contributed by atoms with Gasteiger partial charge >= 0.3 is 0 Å². The molecule has 6 nitrogen and oxygen atoms in total. The minimum Gasteiger partial charge on any atom is -0.497 e. The molecule has 7 heteroatoms. The van der Waals surface area contributed by atoms with Gasteiger partial charge in [0.2, 0.25) is 0 Å². The normalized spacial score (nSPS) is 18.0. The molecule has 0 N–H and O–H groups in total. The molecule has 1 aromatic heterocycles. The number of hydrogen-bond donors (Lipinski definition) is 0. The molecule has 158 valence electrons. The summed E-state index contributed by atoms with van der Waals surface area (Å²) in [7, 11) is 1.65. The molecule has 2 aliphatic rings. The van der Waals surface area contributed by atoms with Gasteiger partial charge in [0.05, 0.1) is 31.3 Å². The molecule has 3 heterocycles. The number of carbonyl (C=O) groups is 1. The van der Waals surface area contributed by atoms with Gasteiger partial charge in [-0.25, -0.2) is 5.01 Å². The molecule has 5 rings (SSSR count). The Balaban J connectivity index is 1.41. The van der Waals surface area contributed by atoms with Gasteiger partial charge in [-0.15, -0.1) is 11.8 Å². The number of thioether (sulfide) groups is 1. The predicted octanol–water partition coefficient (Wildman–Crippen LogP) is 4.58. The third kappa shape index (κ3) is 3.93. The largest absolute Gasteiger partial charge is 0.497 e. The zero-order valence-electron chi connectivity index (χ0n) is 17.2. The van der Waals surface area contributed by atoms with Gasteiger partial charge in [-0.3, -0.25) is 4.79 Å². The van der Waals surface area contributed by atoms with Crippen LogP contribution in [-0.4, -0.2) is 42.6 Å². The Hall–Kier alpha value is -3.19. The minimum atomic E-state index is -0.242. The van der Waals surface area contributed by atoms with Gasteiger partial charge in [0.15, 0.2) is 0 Å². The number of carbonyl (C=O) groups excluding carboxylic acids is 1. The summed E-state index contributed by atoms with van der Waals surface area (Å²) in [6, 6.07) is 19.5. The number of hydrazone groups is 1. The van der Waals surface area contributed by atoms with E-state index in [-0.39, 0.29) is 18.5 Å². The first-order valence-electron chi connectivity index (χ1n) is 10.3. The van der Waals surface area contributed by atoms with Crippen molar-refractivity contribution in [2.75, 3.05) is 30.9 Å². The van der Waals surface area contributed by atoms with E-state index >= 15 is 0 Å². The second-order valence-electron chi connectivity index (χ2n) is 7.49. The van der Waals surface area contributed by atoms with Gasteiger partial charge in [-0.05, 0) is 54.1 Å². The van der Waals surface area contributed by atoms with Crippen LogP contribution in [0.3, 0.4) is 0 Å². The van der Waals surface area contributed by atoms with E-state index in [0.29, 0.717) is 6.42 Å². The van der Waals surface area contributed by atoms with E-state index in [1.807, 2.05) is 60.3 Å². The van der Waals surface area contributed by atoms with Crippen LogP contribution >= 0.6 is 11.8 Å². The van der Waals surface area contributed by atoms with Gasteiger partial charge in [-0.1, -0.05) is 12.1 Å². The Morgan fingerprint density at radius 2 is 2.00 bits per heavy atom. The molecule has 2 aliphatic heterocycles. The number of furan rings is 1. The lowest BCUT2D eigenvalue weighted by molar-refractivity contribution is -0.131. The third-order valence-corrected chi connectivity index (χ3v) is 6.65. The molecule has 0 aliphatic carbocycles. The minimum absolute atomic E-state index is 0.0355. The number of anilines is 1. The van der Waals surface area contributed by atoms with E-state index < -0.39 is 0 Å². The molecule has 0 radical (unpaired) electrons. The molecule has 3 aromatic rings. The molecule has 0 fully saturated rings. The number of benzene rings is 2. The highest BCUT2D eigenvalue weighted by Gasteiger charge is 2.35. The maximum absolute atomic E-state index is 13.4. The Kier molecular flexibility index (Phi) is 5.42. The van der Waals surface area contributed by atoms with Crippen LogP contribution in [0.5, 0.6) is 5.75 Å². The standard InChI is InChI=1S/C24H23N3O3S/c1-29-18-10-8-17(9-11-18)19-15-21(22-6-4-13-30-22)27(25-19)24(28)16-26-12-14-31-23-7-3-2-5-20(23)26/h2-11,13,21H,12,14-16H2,1H3/t21-/m1/s1. The first-order chi connectivity index (χ1) is 15.2. The molecular weight excluding hydrogens is 410 g/mol. The van der Waals surface area contributed by atoms with Crippen molar-refractivity contribution < 1.29 is 13.9 Å². The summed E-state index contributed by atoms with van der Waals surface area (Å²) in [6.45, 7) is 1.12. The highest BCUT2D eigenvalue weighted by Crippen LogP contribution is 2.36. The van der Waals surface area contributed by atoms with Crippen LogP contribution in [-0.2, 0) is 4.79 Å². The van der Waals surface area contributed by atoms with Crippen molar-refractivity contribution in [2.24, 2.45) is 5.10 Å². The van der Waals surface area contributed by atoms with E-state index in [2.05, 4.69) is 17.0 Å². The van der Waals surface area contributed by atoms with Crippen LogP contribution in [0.25, 0.3) is 0 Å². The molecule has 1 amide bonds. The summed E-state index contributed by atoms with van der Waals surface area (Å²) >= 11 is 1.83. The fourth-order valence-electron chi connectivity index (χ4n) is 4.03. The van der Waals surface area contributed by atoms with Gasteiger partial charge in [0.25, 0.3) is 5.91 Å². The van der Waals surface area contributed by atoms with Crippen LogP contribution < -0.4 is 9.64 Å². The van der Waals surface area contributed by atoms with Crippen molar-refractivity contribution in [2.45, 2.75) is 17.4 Å². The lowest BCUT2D eigenvalue weighted by atomic mass is 10.0. The molecule has 31 heavy (non-hydrogen) atoms. The van der Waals surface area contributed by atoms with Crippen molar-refractivity contribution in [1.82, 2.24) is 5.01 Å². The number of hydrogen-bond acceptors (Lipinski definition) is 6. The number of rotatable bonds is 5. The monoisotopic (exact) mass is 433 g/mol. The number of amides is 1. The lowest BCUT2D eigenvalue weighted by Crippen LogP contribution is -2.40. The number of fused-ring (bicyclic) bond motifs is 1. The molecular formula is C24H23N3O3S. The van der Waals surface area contributed by atoms with Gasteiger partial charge in [0, 0.05) is 23.6 Å². The molecule has 0 unspecified atom stereocenters. The fourth-order valence-corrected chi connectivity index (χ4v) is 5.08.